The topological polar surface area (TPSA) is 166 Å². The first-order valence-corrected chi connectivity index (χ1v) is 23.4. The molecule has 0 aliphatic carbocycles. The summed E-state index contributed by atoms with van der Waals surface area (Å²) in [7, 11) is 3.72. The number of phenolic OH excluding ortho intramolecular Hbond substituents is 1. The highest BCUT2D eigenvalue weighted by molar-refractivity contribution is 5.97. The normalized spacial score (nSPS) is 22.7. The van der Waals surface area contributed by atoms with Crippen LogP contribution < -0.4 is 16.1 Å². The number of phenols is 1. The number of hydrogen-bond donors (Lipinski definition) is 4. The fourth-order valence-corrected chi connectivity index (χ4v) is 10.6. The molecule has 0 saturated carbocycles. The average Bonchev–Trinajstić information content (AvgIpc) is 4.01. The summed E-state index contributed by atoms with van der Waals surface area (Å²) in [5, 5.41) is 19.9. The molecule has 5 heterocycles. The van der Waals surface area contributed by atoms with Crippen molar-refractivity contribution in [3.63, 3.8) is 0 Å². The molecular weight excluding hydrogens is 835 g/mol. The molecule has 0 radical (unpaired) electrons. The summed E-state index contributed by atoms with van der Waals surface area (Å²) in [5.41, 5.74) is 12.0. The Morgan fingerprint density at radius 1 is 1.03 bits per heavy atom. The van der Waals surface area contributed by atoms with Crippen molar-refractivity contribution in [1.29, 1.82) is 0 Å². The third kappa shape index (κ3) is 9.41. The number of aryl methyl sites for hydroxylation is 1. The lowest BCUT2D eigenvalue weighted by Crippen LogP contribution is -2.62. The Balaban J connectivity index is 1.18. The molecule has 6 bridgehead atoms. The Morgan fingerprint density at radius 2 is 1.79 bits per heavy atom. The van der Waals surface area contributed by atoms with E-state index in [2.05, 4.69) is 96.3 Å². The minimum absolute atomic E-state index is 0.00515. The van der Waals surface area contributed by atoms with Gasteiger partial charge in [0.2, 0.25) is 11.8 Å². The zero-order valence-electron chi connectivity index (χ0n) is 39.4. The molecule has 3 amide bonds. The van der Waals surface area contributed by atoms with E-state index in [0.29, 0.717) is 24.8 Å². The third-order valence-corrected chi connectivity index (χ3v) is 13.9. The highest BCUT2D eigenvalue weighted by Gasteiger charge is 2.41. The van der Waals surface area contributed by atoms with Crippen molar-refractivity contribution in [3.8, 4) is 28.1 Å². The molecule has 2 fully saturated rings. The van der Waals surface area contributed by atoms with Crippen molar-refractivity contribution >= 4 is 40.4 Å². The number of hydrazine groups is 1. The van der Waals surface area contributed by atoms with E-state index >= 15 is 0 Å². The van der Waals surface area contributed by atoms with Gasteiger partial charge in [-0.25, -0.2) is 5.43 Å². The number of ketones is 1. The summed E-state index contributed by atoms with van der Waals surface area (Å²) < 4.78 is 8.49. The van der Waals surface area contributed by atoms with Crippen molar-refractivity contribution < 1.29 is 33.8 Å². The Hall–Kier alpha value is -5.83. The zero-order valence-corrected chi connectivity index (χ0v) is 39.4. The van der Waals surface area contributed by atoms with Crippen LogP contribution in [0.15, 0.2) is 67.3 Å². The Morgan fingerprint density at radius 3 is 2.53 bits per heavy atom. The van der Waals surface area contributed by atoms with Gasteiger partial charge in [0.15, 0.2) is 5.78 Å². The molecule has 1 aromatic heterocycles. The molecule has 2 unspecified atom stereocenters. The van der Waals surface area contributed by atoms with Gasteiger partial charge in [-0.05, 0) is 121 Å². The number of amides is 3. The van der Waals surface area contributed by atoms with Gasteiger partial charge in [-0.3, -0.25) is 33.9 Å². The summed E-state index contributed by atoms with van der Waals surface area (Å²) >= 11 is 0. The van der Waals surface area contributed by atoms with Crippen LogP contribution in [0.1, 0.15) is 76.1 Å². The largest absolute Gasteiger partial charge is 0.508 e. The summed E-state index contributed by atoms with van der Waals surface area (Å²) in [5.74, 6) is -2.78. The van der Waals surface area contributed by atoms with Crippen LogP contribution >= 0.6 is 0 Å². The molecule has 14 heteroatoms. The summed E-state index contributed by atoms with van der Waals surface area (Å²) in [6.07, 6.45) is 3.13. The summed E-state index contributed by atoms with van der Waals surface area (Å²) in [6.45, 7) is 16.9. The number of rotatable bonds is 9. The molecule has 4 N–H and O–H groups in total. The van der Waals surface area contributed by atoms with Gasteiger partial charge in [0.1, 0.15) is 23.9 Å². The average molecular weight is 900 g/mol. The number of aromatic nitrogens is 1. The zero-order chi connectivity index (χ0) is 47.2. The molecule has 5 atom stereocenters. The van der Waals surface area contributed by atoms with Crippen molar-refractivity contribution in [2.24, 2.45) is 17.3 Å². The van der Waals surface area contributed by atoms with Gasteiger partial charge in [-0.15, -0.1) is 0 Å². The number of carbonyl (C=O) groups excluding carboxylic acids is 5. The first-order chi connectivity index (χ1) is 31.4. The van der Waals surface area contributed by atoms with Gasteiger partial charge in [0.25, 0.3) is 5.91 Å². The standard InChI is InChI=1S/C52H65N7O7/c1-9-45(61)42-24-36(26-53-42)49(63)57(8)46(30(3)4)48(62)54-43-20-31-18-35(22-38(60)19-31)32-15-16-44-39(23-32)40(47(58(44)10-2)33-13-14-34-27-56(7)28-37(34)21-33)25-52(5,6)29-66-51(65)41-12-11-17-59(55-41)50(43)64/h9,13-16,18-19,21-23,30,36,41-43,46,53,55,60H,1,10-12,17,20,24-29H2,2-8H3,(H,54,62)/t36-,41+,42?,43+,46?/m1/s1. The molecule has 4 aliphatic rings. The molecule has 4 aliphatic heterocycles. The predicted molar refractivity (Wildman–Crippen MR) is 254 cm³/mol. The van der Waals surface area contributed by atoms with Crippen LogP contribution in [0.3, 0.4) is 0 Å². The number of fused-ring (bicyclic) bond motifs is 7. The van der Waals surface area contributed by atoms with E-state index in [9.17, 15) is 29.1 Å². The van der Waals surface area contributed by atoms with Crippen molar-refractivity contribution in [1.82, 2.24) is 35.4 Å². The number of carbonyl (C=O) groups is 5. The number of benzene rings is 3. The minimum Gasteiger partial charge on any atom is -0.508 e. The fraction of sp³-hybridized carbons (Fsp3) is 0.481. The number of likely N-dealkylation sites (N-methyl/N-ethyl adjacent to an activating group) is 1. The minimum atomic E-state index is -1.15. The molecule has 14 nitrogen and oxygen atoms in total. The SMILES string of the molecule is C=CC(=O)C1C[C@@H](C(=O)N(C)C(C(=O)N[C@H]2Cc3cc(O)cc(c3)-c3ccc4c(c3)c(c(-c3ccc5c(c3)CN(C)C5)n4CC)CC(C)(C)COC(=O)[C@@H]3CCCN(N3)C2=O)C(C)C)CN1. The molecule has 4 aromatic rings. The van der Waals surface area contributed by atoms with Crippen LogP contribution in [0.25, 0.3) is 33.3 Å². The first-order valence-electron chi connectivity index (χ1n) is 23.4. The maximum atomic E-state index is 14.7. The van der Waals surface area contributed by atoms with Crippen LogP contribution in [0.4, 0.5) is 0 Å². The van der Waals surface area contributed by atoms with E-state index in [1.165, 1.54) is 27.1 Å². The number of aromatic hydroxyl groups is 1. The first kappa shape index (κ1) is 46.7. The molecular formula is C52H65N7O7. The second-order valence-corrected chi connectivity index (χ2v) is 20.0. The highest BCUT2D eigenvalue weighted by atomic mass is 16.5. The third-order valence-electron chi connectivity index (χ3n) is 13.9. The van der Waals surface area contributed by atoms with E-state index in [-0.39, 0.29) is 55.9 Å². The second-order valence-electron chi connectivity index (χ2n) is 20.0. The number of cyclic esters (lactones) is 1. The molecule has 8 rings (SSSR count). The number of esters is 1. The van der Waals surface area contributed by atoms with Crippen LogP contribution in [-0.4, -0.2) is 112 Å². The number of nitrogens with zero attached hydrogens (tertiary/aromatic N) is 4. The van der Waals surface area contributed by atoms with Gasteiger partial charge >= 0.3 is 5.97 Å². The van der Waals surface area contributed by atoms with Crippen LogP contribution in [0.5, 0.6) is 5.75 Å². The number of ether oxygens (including phenoxy) is 1. The maximum Gasteiger partial charge on any atom is 0.324 e. The second kappa shape index (κ2) is 18.8. The fourth-order valence-electron chi connectivity index (χ4n) is 10.6. The van der Waals surface area contributed by atoms with E-state index in [0.717, 1.165) is 58.5 Å². The van der Waals surface area contributed by atoms with Crippen molar-refractivity contribution in [3.05, 3.63) is 89.5 Å². The molecule has 0 spiro atoms. The van der Waals surface area contributed by atoms with Gasteiger partial charge in [0, 0.05) is 62.5 Å². The highest BCUT2D eigenvalue weighted by Crippen LogP contribution is 2.41. The maximum absolute atomic E-state index is 14.7. The lowest BCUT2D eigenvalue weighted by atomic mass is 9.84. The smallest absolute Gasteiger partial charge is 0.324 e. The monoisotopic (exact) mass is 899 g/mol. The Kier molecular flexibility index (Phi) is 13.3. The number of nitrogens with one attached hydrogen (secondary N) is 3. The van der Waals surface area contributed by atoms with E-state index < -0.39 is 53.3 Å². The van der Waals surface area contributed by atoms with Crippen LogP contribution in [0.2, 0.25) is 0 Å². The van der Waals surface area contributed by atoms with Crippen LogP contribution in [-0.2, 0) is 61.2 Å². The molecule has 2 saturated heterocycles. The predicted octanol–water partition coefficient (Wildman–Crippen LogP) is 5.51. The van der Waals surface area contributed by atoms with E-state index in [1.54, 1.807) is 19.2 Å². The van der Waals surface area contributed by atoms with Crippen molar-refractivity contribution in [2.75, 3.05) is 33.8 Å². The summed E-state index contributed by atoms with van der Waals surface area (Å²) in [6, 6.07) is 15.0. The van der Waals surface area contributed by atoms with Crippen molar-refractivity contribution in [2.45, 2.75) is 111 Å². The lowest BCUT2D eigenvalue weighted by Gasteiger charge is -2.37. The summed E-state index contributed by atoms with van der Waals surface area (Å²) in [4.78, 5) is 73.1. The van der Waals surface area contributed by atoms with Gasteiger partial charge in [-0.1, -0.05) is 58.5 Å². The molecule has 350 valence electrons. The van der Waals surface area contributed by atoms with Gasteiger partial charge in [0.05, 0.1) is 24.3 Å². The Labute approximate surface area is 387 Å². The quantitative estimate of drug-likeness (QED) is 0.124. The molecule has 3 aromatic carbocycles. The van der Waals surface area contributed by atoms with Gasteiger partial charge in [-0.2, -0.15) is 0 Å². The lowest BCUT2D eigenvalue weighted by molar-refractivity contribution is -0.155. The van der Waals surface area contributed by atoms with E-state index in [1.807, 2.05) is 19.9 Å². The van der Waals surface area contributed by atoms with Gasteiger partial charge < -0.3 is 29.9 Å². The van der Waals surface area contributed by atoms with Crippen LogP contribution in [0, 0.1) is 17.3 Å². The Bertz CT molecular complexity index is 2580. The molecule has 66 heavy (non-hydrogen) atoms. The number of hydrogen-bond acceptors (Lipinski definition) is 10. The van der Waals surface area contributed by atoms with E-state index in [4.69, 9.17) is 4.74 Å².